The second-order valence-corrected chi connectivity index (χ2v) is 8.92. The molecule has 4 aromatic rings. The fourth-order valence-corrected chi connectivity index (χ4v) is 4.10. The zero-order valence-electron chi connectivity index (χ0n) is 21.6. The van der Waals surface area contributed by atoms with Crippen molar-refractivity contribution in [2.45, 2.75) is 19.1 Å². The van der Waals surface area contributed by atoms with Gasteiger partial charge >= 0.3 is 17.6 Å². The van der Waals surface area contributed by atoms with Crippen LogP contribution < -0.4 is 20.7 Å². The molecule has 1 aliphatic rings. The molecule has 0 aliphatic carbocycles. The third-order valence-corrected chi connectivity index (χ3v) is 6.21. The number of pyridine rings is 1. The molecule has 1 unspecified atom stereocenters. The zero-order valence-corrected chi connectivity index (χ0v) is 21.6. The molecule has 2 aromatic heterocycles. The summed E-state index contributed by atoms with van der Waals surface area (Å²) in [5.41, 5.74) is -2.64. The van der Waals surface area contributed by atoms with Crippen molar-refractivity contribution in [3.63, 3.8) is 0 Å². The molecule has 0 saturated carbocycles. The maximum absolute atomic E-state index is 14.4. The van der Waals surface area contributed by atoms with Crippen LogP contribution in [0.3, 0.4) is 0 Å². The average Bonchev–Trinajstić information content (AvgIpc) is 3.54. The van der Waals surface area contributed by atoms with Gasteiger partial charge in [0.25, 0.3) is 11.5 Å². The van der Waals surface area contributed by atoms with E-state index < -0.39 is 47.0 Å². The van der Waals surface area contributed by atoms with E-state index in [9.17, 15) is 33.6 Å². The van der Waals surface area contributed by atoms with Crippen molar-refractivity contribution in [2.24, 2.45) is 0 Å². The molecule has 210 valence electrons. The van der Waals surface area contributed by atoms with E-state index in [4.69, 9.17) is 14.2 Å². The number of carbonyl (C=O) groups is 3. The van der Waals surface area contributed by atoms with Crippen LogP contribution in [0.15, 0.2) is 82.5 Å². The van der Waals surface area contributed by atoms with E-state index in [1.807, 2.05) is 6.07 Å². The summed E-state index contributed by atoms with van der Waals surface area (Å²) < 4.78 is 31.2. The minimum atomic E-state index is -1.43. The van der Waals surface area contributed by atoms with Gasteiger partial charge in [0, 0.05) is 18.2 Å². The standard InChI is InChI=1S/C29H19FN4O8/c30-21-16-33(23-7-4-14-40-23)29(39)34(26(21)36)25(35)17-8-10-19(11-9-17)28(38)42-24-20(15-31)12-13-22(32-24)41-27(37)18-5-2-1-3-6-18/h1-3,5-6,8-13,16,23H,4,7,14H2. The van der Waals surface area contributed by atoms with Crippen LogP contribution >= 0.6 is 0 Å². The first-order valence-corrected chi connectivity index (χ1v) is 12.5. The molecule has 1 atom stereocenters. The number of hydrogen-bond acceptors (Lipinski definition) is 10. The smallest absolute Gasteiger partial charge is 0.344 e. The number of halogens is 1. The first-order valence-electron chi connectivity index (χ1n) is 12.5. The molecule has 13 heteroatoms. The van der Waals surface area contributed by atoms with Crippen LogP contribution in [0, 0.1) is 17.1 Å². The number of esters is 2. The van der Waals surface area contributed by atoms with Gasteiger partial charge in [0.2, 0.25) is 17.6 Å². The van der Waals surface area contributed by atoms with Crippen LogP contribution in [0.1, 0.15) is 55.7 Å². The van der Waals surface area contributed by atoms with Gasteiger partial charge in [-0.2, -0.15) is 19.2 Å². The number of nitriles is 1. The van der Waals surface area contributed by atoms with Crippen LogP contribution in [0.5, 0.6) is 11.8 Å². The van der Waals surface area contributed by atoms with Crippen LogP contribution in [0.4, 0.5) is 4.39 Å². The molecule has 0 N–H and O–H groups in total. The maximum Gasteiger partial charge on any atom is 0.344 e. The maximum atomic E-state index is 14.4. The van der Waals surface area contributed by atoms with E-state index >= 15 is 0 Å². The molecule has 1 aliphatic heterocycles. The van der Waals surface area contributed by atoms with Gasteiger partial charge in [-0.25, -0.2) is 14.4 Å². The van der Waals surface area contributed by atoms with Crippen LogP contribution in [0.25, 0.3) is 0 Å². The Hall–Kier alpha value is -5.74. The number of benzene rings is 2. The molecule has 0 bridgehead atoms. The summed E-state index contributed by atoms with van der Waals surface area (Å²) >= 11 is 0. The molecule has 3 heterocycles. The molecular formula is C29H19FN4O8. The molecule has 0 spiro atoms. The summed E-state index contributed by atoms with van der Waals surface area (Å²) in [7, 11) is 0. The predicted octanol–water partition coefficient (Wildman–Crippen LogP) is 2.85. The van der Waals surface area contributed by atoms with Crippen LogP contribution in [-0.2, 0) is 4.74 Å². The lowest BCUT2D eigenvalue weighted by Gasteiger charge is -2.15. The normalized spacial score (nSPS) is 14.1. The number of hydrogen-bond donors (Lipinski definition) is 0. The van der Waals surface area contributed by atoms with E-state index in [-0.39, 0.29) is 32.7 Å². The highest BCUT2D eigenvalue weighted by molar-refractivity contribution is 5.97. The highest BCUT2D eigenvalue weighted by Gasteiger charge is 2.25. The van der Waals surface area contributed by atoms with Gasteiger partial charge in [-0.15, -0.1) is 0 Å². The van der Waals surface area contributed by atoms with Crippen molar-refractivity contribution in [3.8, 4) is 17.8 Å². The van der Waals surface area contributed by atoms with Crippen molar-refractivity contribution in [2.75, 3.05) is 6.61 Å². The van der Waals surface area contributed by atoms with Gasteiger partial charge in [0.05, 0.1) is 17.3 Å². The molecule has 1 fully saturated rings. The molecule has 0 amide bonds. The fraction of sp³-hybridized carbons (Fsp3) is 0.138. The highest BCUT2D eigenvalue weighted by Crippen LogP contribution is 2.22. The Morgan fingerprint density at radius 2 is 1.60 bits per heavy atom. The molecule has 42 heavy (non-hydrogen) atoms. The summed E-state index contributed by atoms with van der Waals surface area (Å²) in [6.45, 7) is 0.345. The third-order valence-electron chi connectivity index (χ3n) is 6.21. The summed E-state index contributed by atoms with van der Waals surface area (Å²) in [6, 6.07) is 17.0. The molecular weight excluding hydrogens is 551 g/mol. The molecule has 2 aromatic carbocycles. The quantitative estimate of drug-likeness (QED) is 0.315. The van der Waals surface area contributed by atoms with Gasteiger partial charge in [-0.1, -0.05) is 18.2 Å². The number of carbonyl (C=O) groups excluding carboxylic acids is 3. The van der Waals surface area contributed by atoms with Gasteiger partial charge in [-0.3, -0.25) is 14.2 Å². The number of nitrogens with zero attached hydrogens (tertiary/aromatic N) is 4. The van der Waals surface area contributed by atoms with Crippen LogP contribution in [0.2, 0.25) is 0 Å². The summed E-state index contributed by atoms with van der Waals surface area (Å²) in [4.78, 5) is 67.3. The Kier molecular flexibility index (Phi) is 7.80. The van der Waals surface area contributed by atoms with Crippen molar-refractivity contribution in [1.29, 1.82) is 5.26 Å². The molecule has 0 radical (unpaired) electrons. The Labute approximate surface area is 235 Å². The topological polar surface area (TPSA) is 160 Å². The second-order valence-electron chi connectivity index (χ2n) is 8.92. The highest BCUT2D eigenvalue weighted by atomic mass is 19.1. The van der Waals surface area contributed by atoms with Gasteiger partial charge < -0.3 is 14.2 Å². The van der Waals surface area contributed by atoms with Gasteiger partial charge in [0.1, 0.15) is 17.9 Å². The lowest BCUT2D eigenvalue weighted by molar-refractivity contribution is 0.0500. The van der Waals surface area contributed by atoms with Crippen molar-refractivity contribution in [1.82, 2.24) is 14.1 Å². The first kappa shape index (κ1) is 27.8. The summed E-state index contributed by atoms with van der Waals surface area (Å²) in [5.74, 6) is -4.77. The van der Waals surface area contributed by atoms with E-state index in [2.05, 4.69) is 4.98 Å². The first-order chi connectivity index (χ1) is 20.3. The van der Waals surface area contributed by atoms with E-state index in [1.165, 1.54) is 36.4 Å². The van der Waals surface area contributed by atoms with Crippen LogP contribution in [-0.4, -0.2) is 38.6 Å². The van der Waals surface area contributed by atoms with Gasteiger partial charge in [0.15, 0.2) is 0 Å². The van der Waals surface area contributed by atoms with Crippen molar-refractivity contribution < 1.29 is 33.0 Å². The fourth-order valence-electron chi connectivity index (χ4n) is 4.10. The zero-order chi connectivity index (χ0) is 29.8. The Morgan fingerprint density at radius 1 is 0.929 bits per heavy atom. The minimum Gasteiger partial charge on any atom is -0.404 e. The van der Waals surface area contributed by atoms with E-state index in [1.54, 1.807) is 18.2 Å². The second kappa shape index (κ2) is 11.8. The third kappa shape index (κ3) is 5.60. The van der Waals surface area contributed by atoms with Gasteiger partial charge in [-0.05, 0) is 55.3 Å². The molecule has 12 nitrogen and oxygen atoms in total. The number of ether oxygens (including phenoxy) is 3. The van der Waals surface area contributed by atoms with Crippen molar-refractivity contribution in [3.05, 3.63) is 122 Å². The van der Waals surface area contributed by atoms with E-state index in [0.717, 1.165) is 16.7 Å². The lowest BCUT2D eigenvalue weighted by atomic mass is 10.1. The van der Waals surface area contributed by atoms with E-state index in [0.29, 0.717) is 25.6 Å². The average molecular weight is 570 g/mol. The SMILES string of the molecule is N#Cc1ccc(OC(=O)c2ccccc2)nc1OC(=O)c1ccc(C(=O)n2c(=O)c(F)cn(C3CCCO3)c2=O)cc1. The largest absolute Gasteiger partial charge is 0.404 e. The Balaban J connectivity index is 1.35. The Morgan fingerprint density at radius 3 is 2.26 bits per heavy atom. The predicted molar refractivity (Wildman–Crippen MR) is 141 cm³/mol. The molecule has 5 rings (SSSR count). The monoisotopic (exact) mass is 570 g/mol. The minimum absolute atomic E-state index is 0.0905. The summed E-state index contributed by atoms with van der Waals surface area (Å²) in [5, 5.41) is 9.40. The van der Waals surface area contributed by atoms with Crippen molar-refractivity contribution >= 4 is 17.8 Å². The number of rotatable bonds is 6. The lowest BCUT2D eigenvalue weighted by Crippen LogP contribution is -2.45. The number of aromatic nitrogens is 3. The summed E-state index contributed by atoms with van der Waals surface area (Å²) in [6.07, 6.45) is 0.933. The Bertz CT molecular complexity index is 1850. The molecule has 1 saturated heterocycles.